The van der Waals surface area contributed by atoms with Crippen LogP contribution in [0.15, 0.2) is 18.2 Å². The average Bonchev–Trinajstić information content (AvgIpc) is 2.83. The van der Waals surface area contributed by atoms with E-state index in [1.807, 2.05) is 6.07 Å². The summed E-state index contributed by atoms with van der Waals surface area (Å²) in [4.78, 5) is 2.35. The van der Waals surface area contributed by atoms with Crippen LogP contribution in [0.1, 0.15) is 31.9 Å². The zero-order chi connectivity index (χ0) is 15.7. The van der Waals surface area contributed by atoms with E-state index in [2.05, 4.69) is 28.8 Å². The van der Waals surface area contributed by atoms with E-state index in [1.165, 1.54) is 6.07 Å². The van der Waals surface area contributed by atoms with Crippen LogP contribution in [0.5, 0.6) is 11.5 Å². The van der Waals surface area contributed by atoms with E-state index in [-0.39, 0.29) is 42.4 Å². The average molecular weight is 385 g/mol. The number of halogens is 4. The summed E-state index contributed by atoms with van der Waals surface area (Å²) in [6, 6.07) is 5.23. The molecule has 0 aliphatic carbocycles. The largest absolute Gasteiger partial charge is 0.586 e. The Morgan fingerprint density at radius 2 is 1.88 bits per heavy atom. The lowest BCUT2D eigenvalue weighted by Gasteiger charge is -2.38. The lowest BCUT2D eigenvalue weighted by Crippen LogP contribution is -2.46. The van der Waals surface area contributed by atoms with Gasteiger partial charge in [-0.2, -0.15) is 0 Å². The first-order valence-electron chi connectivity index (χ1n) is 7.85. The van der Waals surface area contributed by atoms with Crippen LogP contribution < -0.4 is 14.8 Å². The maximum atomic E-state index is 13.4. The van der Waals surface area contributed by atoms with Crippen molar-refractivity contribution in [2.75, 3.05) is 26.2 Å². The highest BCUT2D eigenvalue weighted by molar-refractivity contribution is 5.85. The molecule has 138 valence electrons. The van der Waals surface area contributed by atoms with E-state index >= 15 is 0 Å². The van der Waals surface area contributed by atoms with E-state index in [0.717, 1.165) is 38.2 Å². The van der Waals surface area contributed by atoms with Gasteiger partial charge in [0.1, 0.15) is 0 Å². The van der Waals surface area contributed by atoms with Gasteiger partial charge >= 0.3 is 6.29 Å². The minimum Gasteiger partial charge on any atom is -0.395 e. The van der Waals surface area contributed by atoms with Crippen molar-refractivity contribution in [1.29, 1.82) is 0 Å². The van der Waals surface area contributed by atoms with Crippen LogP contribution in [0.3, 0.4) is 0 Å². The summed E-state index contributed by atoms with van der Waals surface area (Å²) >= 11 is 0. The van der Waals surface area contributed by atoms with Gasteiger partial charge in [-0.3, -0.25) is 4.90 Å². The fourth-order valence-corrected chi connectivity index (χ4v) is 3.27. The highest BCUT2D eigenvalue weighted by atomic mass is 35.5. The van der Waals surface area contributed by atoms with Crippen molar-refractivity contribution in [3.05, 3.63) is 23.8 Å². The fraction of sp³-hybridized carbons (Fsp3) is 0.625. The summed E-state index contributed by atoms with van der Waals surface area (Å²) in [5, 5.41) is 3.33. The number of para-hydroxylation sites is 1. The molecule has 0 amide bonds. The minimum atomic E-state index is -3.57. The molecule has 1 fully saturated rings. The summed E-state index contributed by atoms with van der Waals surface area (Å²) in [7, 11) is 0. The van der Waals surface area contributed by atoms with Crippen LogP contribution in [0, 0.1) is 5.92 Å². The Labute approximate surface area is 153 Å². The molecule has 2 heterocycles. The Morgan fingerprint density at radius 1 is 1.21 bits per heavy atom. The van der Waals surface area contributed by atoms with Crippen LogP contribution in [-0.2, 0) is 0 Å². The van der Waals surface area contributed by atoms with Gasteiger partial charge in [0, 0.05) is 37.8 Å². The molecule has 0 aromatic heterocycles. The Balaban J connectivity index is 0.00000144. The van der Waals surface area contributed by atoms with Gasteiger partial charge in [-0.1, -0.05) is 32.4 Å². The molecule has 1 aromatic carbocycles. The molecule has 1 N–H and O–H groups in total. The standard InChI is InChI=1S/C16H22F2N2O2.2ClH/c1-3-11(2)14(20-9-7-19-8-10-20)12-5-4-6-13-15(12)22-16(17,18)21-13;;/h4-6,11,14,19H,3,7-10H2,1-2H3;2*1H/t11?,14-;;/m0../s1. The lowest BCUT2D eigenvalue weighted by atomic mass is 9.89. The molecule has 0 radical (unpaired) electrons. The van der Waals surface area contributed by atoms with E-state index in [0.29, 0.717) is 5.92 Å². The van der Waals surface area contributed by atoms with E-state index in [4.69, 9.17) is 4.74 Å². The summed E-state index contributed by atoms with van der Waals surface area (Å²) in [6.45, 7) is 7.89. The Hall–Kier alpha value is -0.820. The number of hydrogen-bond donors (Lipinski definition) is 1. The SMILES string of the molecule is CCC(C)[C@@H](c1cccc2c1OC(F)(F)O2)N1CCNCC1.Cl.Cl. The zero-order valence-electron chi connectivity index (χ0n) is 13.8. The number of benzene rings is 1. The molecule has 0 saturated carbocycles. The third-order valence-corrected chi connectivity index (χ3v) is 4.51. The van der Waals surface area contributed by atoms with Crippen molar-refractivity contribution >= 4 is 24.8 Å². The number of hydrogen-bond acceptors (Lipinski definition) is 4. The second-order valence-corrected chi connectivity index (χ2v) is 5.96. The molecule has 1 aromatic rings. The monoisotopic (exact) mass is 384 g/mol. The van der Waals surface area contributed by atoms with Crippen molar-refractivity contribution in [2.45, 2.75) is 32.6 Å². The van der Waals surface area contributed by atoms with Crippen LogP contribution in [-0.4, -0.2) is 37.4 Å². The number of piperazine rings is 1. The van der Waals surface area contributed by atoms with Crippen molar-refractivity contribution in [1.82, 2.24) is 10.2 Å². The van der Waals surface area contributed by atoms with E-state index in [1.54, 1.807) is 6.07 Å². The molecule has 1 unspecified atom stereocenters. The van der Waals surface area contributed by atoms with Crippen LogP contribution >= 0.6 is 24.8 Å². The molecule has 2 aliphatic rings. The molecule has 3 rings (SSSR count). The van der Waals surface area contributed by atoms with Gasteiger partial charge in [-0.15, -0.1) is 33.6 Å². The number of nitrogens with zero attached hydrogens (tertiary/aromatic N) is 1. The minimum absolute atomic E-state index is 0. The second-order valence-electron chi connectivity index (χ2n) is 5.96. The topological polar surface area (TPSA) is 33.7 Å². The molecule has 4 nitrogen and oxygen atoms in total. The summed E-state index contributed by atoms with van der Waals surface area (Å²) < 4.78 is 36.3. The molecule has 0 spiro atoms. The van der Waals surface area contributed by atoms with Crippen molar-refractivity contribution in [3.63, 3.8) is 0 Å². The third kappa shape index (κ3) is 4.23. The smallest absolute Gasteiger partial charge is 0.395 e. The van der Waals surface area contributed by atoms with Crippen LogP contribution in [0.25, 0.3) is 0 Å². The first-order chi connectivity index (χ1) is 10.5. The number of ether oxygens (including phenoxy) is 2. The highest BCUT2D eigenvalue weighted by Crippen LogP contribution is 2.47. The molecular weight excluding hydrogens is 361 g/mol. The number of alkyl halides is 2. The maximum absolute atomic E-state index is 13.4. The fourth-order valence-electron chi connectivity index (χ4n) is 3.27. The molecular formula is C16H24Cl2F2N2O2. The third-order valence-electron chi connectivity index (χ3n) is 4.51. The first-order valence-corrected chi connectivity index (χ1v) is 7.85. The van der Waals surface area contributed by atoms with Crippen LogP contribution in [0.4, 0.5) is 8.78 Å². The van der Waals surface area contributed by atoms with Gasteiger partial charge in [0.25, 0.3) is 0 Å². The molecule has 2 atom stereocenters. The molecule has 8 heteroatoms. The Morgan fingerprint density at radius 3 is 2.50 bits per heavy atom. The van der Waals surface area contributed by atoms with Gasteiger partial charge in [-0.25, -0.2) is 0 Å². The molecule has 0 bridgehead atoms. The summed E-state index contributed by atoms with van der Waals surface area (Å²) in [6.07, 6.45) is -2.60. The van der Waals surface area contributed by atoms with Crippen molar-refractivity contribution in [3.8, 4) is 11.5 Å². The first kappa shape index (κ1) is 21.2. The van der Waals surface area contributed by atoms with E-state index < -0.39 is 6.29 Å². The second kappa shape index (κ2) is 8.52. The van der Waals surface area contributed by atoms with Gasteiger partial charge in [-0.05, 0) is 12.0 Å². The normalized spacial score (nSPS) is 21.3. The number of fused-ring (bicyclic) bond motifs is 1. The van der Waals surface area contributed by atoms with Gasteiger partial charge < -0.3 is 14.8 Å². The molecule has 24 heavy (non-hydrogen) atoms. The lowest BCUT2D eigenvalue weighted by molar-refractivity contribution is -0.287. The predicted molar refractivity (Wildman–Crippen MR) is 93.8 cm³/mol. The summed E-state index contributed by atoms with van der Waals surface area (Å²) in [5.41, 5.74) is 0.797. The van der Waals surface area contributed by atoms with E-state index in [9.17, 15) is 8.78 Å². The maximum Gasteiger partial charge on any atom is 0.586 e. The zero-order valence-corrected chi connectivity index (χ0v) is 15.4. The van der Waals surface area contributed by atoms with Gasteiger partial charge in [0.2, 0.25) is 0 Å². The Bertz CT molecular complexity index is 543. The van der Waals surface area contributed by atoms with Gasteiger partial charge in [0.15, 0.2) is 11.5 Å². The molecule has 2 aliphatic heterocycles. The van der Waals surface area contributed by atoms with Crippen LogP contribution in [0.2, 0.25) is 0 Å². The number of rotatable bonds is 4. The quantitative estimate of drug-likeness (QED) is 0.854. The van der Waals surface area contributed by atoms with Gasteiger partial charge in [0.05, 0.1) is 0 Å². The number of nitrogens with one attached hydrogen (secondary N) is 1. The Kier molecular flexibility index (Phi) is 7.53. The highest BCUT2D eigenvalue weighted by Gasteiger charge is 2.46. The van der Waals surface area contributed by atoms with Crippen molar-refractivity contribution in [2.24, 2.45) is 5.92 Å². The predicted octanol–water partition coefficient (Wildman–Crippen LogP) is 3.84. The summed E-state index contributed by atoms with van der Waals surface area (Å²) in [5.74, 6) is 0.657. The molecule has 1 saturated heterocycles. The van der Waals surface area contributed by atoms with Crippen molar-refractivity contribution < 1.29 is 18.3 Å².